The van der Waals surface area contributed by atoms with E-state index in [4.69, 9.17) is 10.5 Å². The van der Waals surface area contributed by atoms with Crippen molar-refractivity contribution in [1.82, 2.24) is 10.2 Å². The van der Waals surface area contributed by atoms with Crippen LogP contribution in [0.2, 0.25) is 0 Å². The standard InChI is InChI=1S/C14H24N4O2S.ClH/c1-3-9(4-2)13-17-18-14(21-13)16-12(19)11(15)10-5-7-20-8-6-10;/h9-11H,3-8,15H2,1-2H3,(H,16,18,19);1H. The Morgan fingerprint density at radius 1 is 1.36 bits per heavy atom. The van der Waals surface area contributed by atoms with Gasteiger partial charge >= 0.3 is 0 Å². The van der Waals surface area contributed by atoms with E-state index in [1.54, 1.807) is 0 Å². The van der Waals surface area contributed by atoms with Crippen LogP contribution in [0.15, 0.2) is 0 Å². The maximum absolute atomic E-state index is 12.2. The molecule has 2 rings (SSSR count). The molecule has 0 aliphatic carbocycles. The molecule has 1 aliphatic heterocycles. The minimum absolute atomic E-state index is 0. The van der Waals surface area contributed by atoms with Crippen LogP contribution in [-0.2, 0) is 9.53 Å². The van der Waals surface area contributed by atoms with Crippen molar-refractivity contribution in [2.75, 3.05) is 18.5 Å². The highest BCUT2D eigenvalue weighted by Crippen LogP contribution is 2.28. The lowest BCUT2D eigenvalue weighted by atomic mass is 9.92. The van der Waals surface area contributed by atoms with Gasteiger partial charge in [0.1, 0.15) is 5.01 Å². The fraction of sp³-hybridized carbons (Fsp3) is 0.786. The van der Waals surface area contributed by atoms with Gasteiger partial charge in [-0.2, -0.15) is 0 Å². The summed E-state index contributed by atoms with van der Waals surface area (Å²) in [7, 11) is 0. The summed E-state index contributed by atoms with van der Waals surface area (Å²) in [5.41, 5.74) is 6.05. The number of carbonyl (C=O) groups is 1. The van der Waals surface area contributed by atoms with Crippen molar-refractivity contribution in [1.29, 1.82) is 0 Å². The summed E-state index contributed by atoms with van der Waals surface area (Å²) in [6.45, 7) is 5.64. The van der Waals surface area contributed by atoms with Crippen molar-refractivity contribution in [2.24, 2.45) is 11.7 Å². The average molecular weight is 349 g/mol. The summed E-state index contributed by atoms with van der Waals surface area (Å²) in [6.07, 6.45) is 3.73. The van der Waals surface area contributed by atoms with Gasteiger partial charge < -0.3 is 10.5 Å². The maximum Gasteiger partial charge on any atom is 0.243 e. The zero-order valence-electron chi connectivity index (χ0n) is 13.1. The fourth-order valence-corrected chi connectivity index (χ4v) is 3.58. The van der Waals surface area contributed by atoms with Crippen LogP contribution < -0.4 is 11.1 Å². The van der Waals surface area contributed by atoms with Gasteiger partial charge in [-0.15, -0.1) is 22.6 Å². The Labute approximate surface area is 141 Å². The molecule has 1 aliphatic rings. The first-order chi connectivity index (χ1) is 10.2. The van der Waals surface area contributed by atoms with Gasteiger partial charge in [0, 0.05) is 19.1 Å². The van der Waals surface area contributed by atoms with Crippen molar-refractivity contribution < 1.29 is 9.53 Å². The van der Waals surface area contributed by atoms with Gasteiger partial charge in [0.2, 0.25) is 11.0 Å². The molecule has 126 valence electrons. The molecule has 1 unspecified atom stereocenters. The van der Waals surface area contributed by atoms with E-state index < -0.39 is 6.04 Å². The van der Waals surface area contributed by atoms with Crippen LogP contribution in [0.25, 0.3) is 0 Å². The molecule has 1 amide bonds. The number of anilines is 1. The highest BCUT2D eigenvalue weighted by molar-refractivity contribution is 7.15. The number of carbonyl (C=O) groups excluding carboxylic acids is 1. The second kappa shape index (κ2) is 9.39. The van der Waals surface area contributed by atoms with Gasteiger partial charge in [0.15, 0.2) is 0 Å². The van der Waals surface area contributed by atoms with Crippen LogP contribution in [0.1, 0.15) is 50.5 Å². The van der Waals surface area contributed by atoms with Crippen molar-refractivity contribution in [2.45, 2.75) is 51.5 Å². The lowest BCUT2D eigenvalue weighted by Gasteiger charge is -2.26. The number of rotatable bonds is 6. The number of hydrogen-bond acceptors (Lipinski definition) is 6. The third kappa shape index (κ3) is 4.87. The molecular formula is C14H25ClN4O2S. The van der Waals surface area contributed by atoms with E-state index >= 15 is 0 Å². The first-order valence-corrected chi connectivity index (χ1v) is 8.44. The first kappa shape index (κ1) is 19.3. The summed E-state index contributed by atoms with van der Waals surface area (Å²) < 4.78 is 5.29. The van der Waals surface area contributed by atoms with Crippen molar-refractivity contribution in [3.63, 3.8) is 0 Å². The molecule has 3 N–H and O–H groups in total. The molecular weight excluding hydrogens is 324 g/mol. The number of ether oxygens (including phenoxy) is 1. The third-order valence-corrected chi connectivity index (χ3v) is 5.08. The van der Waals surface area contributed by atoms with E-state index in [2.05, 4.69) is 29.4 Å². The quantitative estimate of drug-likeness (QED) is 0.824. The molecule has 1 aromatic rings. The molecule has 8 heteroatoms. The molecule has 0 radical (unpaired) electrons. The summed E-state index contributed by atoms with van der Waals surface area (Å²) in [5.74, 6) is 0.427. The number of nitrogens with one attached hydrogen (secondary N) is 1. The van der Waals surface area contributed by atoms with Gasteiger partial charge in [-0.3, -0.25) is 10.1 Å². The zero-order valence-corrected chi connectivity index (χ0v) is 14.7. The Morgan fingerprint density at radius 2 is 2.00 bits per heavy atom. The molecule has 1 aromatic heterocycles. The van der Waals surface area contributed by atoms with Crippen molar-refractivity contribution >= 4 is 34.8 Å². The van der Waals surface area contributed by atoms with Crippen LogP contribution in [0.3, 0.4) is 0 Å². The molecule has 6 nitrogen and oxygen atoms in total. The predicted octanol–water partition coefficient (Wildman–Crippen LogP) is 2.56. The SMILES string of the molecule is CCC(CC)c1nnc(NC(=O)C(N)C2CCOCC2)s1.Cl. The molecule has 0 spiro atoms. The number of aromatic nitrogens is 2. The normalized spacial score (nSPS) is 17.1. The minimum Gasteiger partial charge on any atom is -0.381 e. The third-order valence-electron chi connectivity index (χ3n) is 4.08. The maximum atomic E-state index is 12.2. The van der Waals surface area contributed by atoms with E-state index in [9.17, 15) is 4.79 Å². The number of nitrogens with zero attached hydrogens (tertiary/aromatic N) is 2. The van der Waals surface area contributed by atoms with E-state index in [0.29, 0.717) is 24.3 Å². The lowest BCUT2D eigenvalue weighted by molar-refractivity contribution is -0.119. The fourth-order valence-electron chi connectivity index (χ4n) is 2.57. The van der Waals surface area contributed by atoms with Gasteiger partial charge in [-0.1, -0.05) is 25.2 Å². The molecule has 0 bridgehead atoms. The lowest BCUT2D eigenvalue weighted by Crippen LogP contribution is -2.43. The van der Waals surface area contributed by atoms with Crippen LogP contribution in [0.5, 0.6) is 0 Å². The predicted molar refractivity (Wildman–Crippen MR) is 90.6 cm³/mol. The van der Waals surface area contributed by atoms with Crippen LogP contribution in [-0.4, -0.2) is 35.4 Å². The Kier molecular flexibility index (Phi) is 8.24. The Bertz CT molecular complexity index is 461. The Morgan fingerprint density at radius 3 is 2.59 bits per heavy atom. The van der Waals surface area contributed by atoms with Gasteiger partial charge in [0.05, 0.1) is 6.04 Å². The molecule has 0 aromatic carbocycles. The summed E-state index contributed by atoms with van der Waals surface area (Å²) in [4.78, 5) is 12.2. The summed E-state index contributed by atoms with van der Waals surface area (Å²) in [5, 5.41) is 12.6. The minimum atomic E-state index is -0.505. The highest BCUT2D eigenvalue weighted by Gasteiger charge is 2.27. The van der Waals surface area contributed by atoms with E-state index in [0.717, 1.165) is 30.7 Å². The smallest absolute Gasteiger partial charge is 0.243 e. The molecule has 1 fully saturated rings. The largest absolute Gasteiger partial charge is 0.381 e. The molecule has 22 heavy (non-hydrogen) atoms. The van der Waals surface area contributed by atoms with Gasteiger partial charge in [-0.25, -0.2) is 0 Å². The first-order valence-electron chi connectivity index (χ1n) is 7.63. The van der Waals surface area contributed by atoms with Gasteiger partial charge in [0.25, 0.3) is 0 Å². The number of halogens is 1. The topological polar surface area (TPSA) is 90.1 Å². The van der Waals surface area contributed by atoms with E-state index in [1.807, 2.05) is 0 Å². The second-order valence-corrected chi connectivity index (χ2v) is 6.43. The van der Waals surface area contributed by atoms with Crippen LogP contribution in [0, 0.1) is 5.92 Å². The van der Waals surface area contributed by atoms with Crippen molar-refractivity contribution in [3.05, 3.63) is 5.01 Å². The molecule has 2 heterocycles. The monoisotopic (exact) mass is 348 g/mol. The highest BCUT2D eigenvalue weighted by atomic mass is 35.5. The number of nitrogens with two attached hydrogens (primary N) is 1. The summed E-state index contributed by atoms with van der Waals surface area (Å²) >= 11 is 1.45. The molecule has 1 saturated heterocycles. The molecule has 0 saturated carbocycles. The zero-order chi connectivity index (χ0) is 15.2. The second-order valence-electron chi connectivity index (χ2n) is 5.42. The van der Waals surface area contributed by atoms with Crippen LogP contribution in [0.4, 0.5) is 5.13 Å². The average Bonchev–Trinajstić information content (AvgIpc) is 2.97. The number of amides is 1. The van der Waals surface area contributed by atoms with E-state index in [-0.39, 0.29) is 24.2 Å². The Hall–Kier alpha value is -0.760. The van der Waals surface area contributed by atoms with Crippen LogP contribution >= 0.6 is 23.7 Å². The summed E-state index contributed by atoms with van der Waals surface area (Å²) in [6, 6.07) is -0.505. The van der Waals surface area contributed by atoms with E-state index in [1.165, 1.54) is 11.3 Å². The molecule has 1 atom stereocenters. The Balaban J connectivity index is 0.00000242. The number of hydrogen-bond donors (Lipinski definition) is 2. The van der Waals surface area contributed by atoms with Gasteiger partial charge in [-0.05, 0) is 31.6 Å². The van der Waals surface area contributed by atoms with Crippen molar-refractivity contribution in [3.8, 4) is 0 Å².